The summed E-state index contributed by atoms with van der Waals surface area (Å²) in [6, 6.07) is 9.38. The van der Waals surface area contributed by atoms with Crippen LogP contribution in [0.5, 0.6) is 5.75 Å². The van der Waals surface area contributed by atoms with Gasteiger partial charge in [0.15, 0.2) is 0 Å². The molecule has 1 unspecified atom stereocenters. The van der Waals surface area contributed by atoms with Crippen LogP contribution in [0.3, 0.4) is 0 Å². The van der Waals surface area contributed by atoms with Gasteiger partial charge in [-0.05, 0) is 30.3 Å². The first kappa shape index (κ1) is 17.1. The molecule has 2 aromatic carbocycles. The van der Waals surface area contributed by atoms with Gasteiger partial charge in [-0.3, -0.25) is 9.59 Å². The molecule has 25 heavy (non-hydrogen) atoms. The van der Waals surface area contributed by atoms with Crippen molar-refractivity contribution in [3.63, 3.8) is 0 Å². The standard InChI is InChI=1S/C16H10ClF3N2O3/c17-10-6-5-8(7-9(10)16(18,19)20)21-14(23)13-15(24)22-11-3-1-2-4-12(11)25-13/h1-7,13H,(H,21,23)(H,22,24). The number of alkyl halides is 3. The Kier molecular flexibility index (Phi) is 4.30. The number of nitrogens with one attached hydrogen (secondary N) is 2. The molecule has 0 fully saturated rings. The number of hydrogen-bond donors (Lipinski definition) is 2. The van der Waals surface area contributed by atoms with Gasteiger partial charge in [-0.1, -0.05) is 23.7 Å². The molecule has 1 aliphatic heterocycles. The fourth-order valence-electron chi connectivity index (χ4n) is 2.25. The Labute approximate surface area is 144 Å². The summed E-state index contributed by atoms with van der Waals surface area (Å²) in [6.45, 7) is 0. The summed E-state index contributed by atoms with van der Waals surface area (Å²) in [5.74, 6) is -1.34. The third kappa shape index (κ3) is 3.53. The molecule has 0 saturated heterocycles. The van der Waals surface area contributed by atoms with E-state index >= 15 is 0 Å². The summed E-state index contributed by atoms with van der Waals surface area (Å²) < 4.78 is 43.9. The van der Waals surface area contributed by atoms with Crippen molar-refractivity contribution in [1.82, 2.24) is 0 Å². The molecule has 0 bridgehead atoms. The zero-order valence-corrected chi connectivity index (χ0v) is 13.1. The molecule has 1 aliphatic rings. The van der Waals surface area contributed by atoms with Gasteiger partial charge in [0, 0.05) is 5.69 Å². The first-order valence-electron chi connectivity index (χ1n) is 7.00. The maximum atomic E-state index is 12.9. The Hall–Kier alpha value is -2.74. The van der Waals surface area contributed by atoms with Crippen LogP contribution in [0.15, 0.2) is 42.5 Å². The Balaban J connectivity index is 1.80. The smallest absolute Gasteiger partial charge is 0.417 e. The average Bonchev–Trinajstić information content (AvgIpc) is 2.54. The molecule has 2 N–H and O–H groups in total. The molecule has 2 aromatic rings. The van der Waals surface area contributed by atoms with Crippen LogP contribution in [-0.2, 0) is 15.8 Å². The first-order chi connectivity index (χ1) is 11.8. The molecule has 5 nitrogen and oxygen atoms in total. The average molecular weight is 371 g/mol. The van der Waals surface area contributed by atoms with E-state index in [1.54, 1.807) is 24.3 Å². The molecule has 0 aromatic heterocycles. The molecule has 0 spiro atoms. The number of anilines is 2. The molecule has 0 aliphatic carbocycles. The maximum absolute atomic E-state index is 12.9. The van der Waals surface area contributed by atoms with Crippen LogP contribution < -0.4 is 15.4 Å². The van der Waals surface area contributed by atoms with Crippen LogP contribution in [0.4, 0.5) is 24.5 Å². The molecule has 3 rings (SSSR count). The van der Waals surface area contributed by atoms with Crippen LogP contribution in [0.1, 0.15) is 5.56 Å². The summed E-state index contributed by atoms with van der Waals surface area (Å²) in [7, 11) is 0. The van der Waals surface area contributed by atoms with Crippen molar-refractivity contribution in [1.29, 1.82) is 0 Å². The van der Waals surface area contributed by atoms with E-state index in [0.717, 1.165) is 6.07 Å². The summed E-state index contributed by atoms with van der Waals surface area (Å²) in [5, 5.41) is 4.23. The van der Waals surface area contributed by atoms with Gasteiger partial charge >= 0.3 is 6.18 Å². The lowest BCUT2D eigenvalue weighted by Gasteiger charge is -2.25. The molecule has 1 heterocycles. The molecule has 1 atom stereocenters. The zero-order valence-electron chi connectivity index (χ0n) is 12.4. The van der Waals surface area contributed by atoms with Gasteiger partial charge in [0.2, 0.25) is 0 Å². The summed E-state index contributed by atoms with van der Waals surface area (Å²) in [4.78, 5) is 24.2. The molecule has 9 heteroatoms. The number of amides is 2. The second-order valence-corrected chi connectivity index (χ2v) is 5.57. The van der Waals surface area contributed by atoms with E-state index in [9.17, 15) is 22.8 Å². The van der Waals surface area contributed by atoms with E-state index in [-0.39, 0.29) is 11.4 Å². The largest absolute Gasteiger partial charge is 0.468 e. The van der Waals surface area contributed by atoms with E-state index in [2.05, 4.69) is 10.6 Å². The van der Waals surface area contributed by atoms with Crippen LogP contribution in [0.25, 0.3) is 0 Å². The lowest BCUT2D eigenvalue weighted by Crippen LogP contribution is -2.45. The maximum Gasteiger partial charge on any atom is 0.417 e. The number of para-hydroxylation sites is 2. The topological polar surface area (TPSA) is 67.4 Å². The number of carbonyl (C=O) groups excluding carboxylic acids is 2. The second-order valence-electron chi connectivity index (χ2n) is 5.16. The molecule has 2 amide bonds. The molecule has 130 valence electrons. The van der Waals surface area contributed by atoms with Crippen LogP contribution in [0, 0.1) is 0 Å². The van der Waals surface area contributed by atoms with E-state index in [1.165, 1.54) is 6.07 Å². The van der Waals surface area contributed by atoms with Crippen LogP contribution >= 0.6 is 11.6 Å². The number of halogens is 4. The lowest BCUT2D eigenvalue weighted by atomic mass is 10.1. The zero-order chi connectivity index (χ0) is 18.2. The van der Waals surface area contributed by atoms with Crippen molar-refractivity contribution in [2.24, 2.45) is 0 Å². The van der Waals surface area contributed by atoms with Crippen molar-refractivity contribution in [2.75, 3.05) is 10.6 Å². The summed E-state index contributed by atoms with van der Waals surface area (Å²) in [6.07, 6.45) is -6.20. The third-order valence-corrected chi connectivity index (χ3v) is 3.73. The number of ether oxygens (including phenoxy) is 1. The third-order valence-electron chi connectivity index (χ3n) is 3.41. The Morgan fingerprint density at radius 2 is 1.92 bits per heavy atom. The van der Waals surface area contributed by atoms with Gasteiger partial charge < -0.3 is 15.4 Å². The first-order valence-corrected chi connectivity index (χ1v) is 7.37. The highest BCUT2D eigenvalue weighted by Gasteiger charge is 2.36. The van der Waals surface area contributed by atoms with Crippen molar-refractivity contribution >= 4 is 34.8 Å². The van der Waals surface area contributed by atoms with E-state index < -0.39 is 34.7 Å². The number of hydrogen-bond acceptors (Lipinski definition) is 3. The minimum atomic E-state index is -4.67. The van der Waals surface area contributed by atoms with Crippen molar-refractivity contribution in [3.8, 4) is 5.75 Å². The van der Waals surface area contributed by atoms with Gasteiger partial charge in [-0.2, -0.15) is 13.2 Å². The predicted octanol–water partition coefficient (Wildman–Crippen LogP) is 3.70. The van der Waals surface area contributed by atoms with Gasteiger partial charge in [-0.15, -0.1) is 0 Å². The summed E-state index contributed by atoms with van der Waals surface area (Å²) >= 11 is 5.52. The monoisotopic (exact) mass is 370 g/mol. The van der Waals surface area contributed by atoms with Gasteiger partial charge in [0.25, 0.3) is 17.9 Å². The molecule has 0 radical (unpaired) electrons. The van der Waals surface area contributed by atoms with Crippen molar-refractivity contribution in [2.45, 2.75) is 12.3 Å². The van der Waals surface area contributed by atoms with E-state index in [0.29, 0.717) is 11.8 Å². The highest BCUT2D eigenvalue weighted by Crippen LogP contribution is 2.36. The highest BCUT2D eigenvalue weighted by molar-refractivity contribution is 6.31. The highest BCUT2D eigenvalue weighted by atomic mass is 35.5. The number of benzene rings is 2. The van der Waals surface area contributed by atoms with E-state index in [1.807, 2.05) is 0 Å². The number of carbonyl (C=O) groups is 2. The summed E-state index contributed by atoms with van der Waals surface area (Å²) in [5.41, 5.74) is -0.842. The minimum absolute atomic E-state index is 0.156. The van der Waals surface area contributed by atoms with Crippen molar-refractivity contribution < 1.29 is 27.5 Å². The van der Waals surface area contributed by atoms with Gasteiger partial charge in [0.1, 0.15) is 5.75 Å². The van der Waals surface area contributed by atoms with Gasteiger partial charge in [-0.25, -0.2) is 0 Å². The van der Waals surface area contributed by atoms with Crippen LogP contribution in [-0.4, -0.2) is 17.9 Å². The predicted molar refractivity (Wildman–Crippen MR) is 84.6 cm³/mol. The lowest BCUT2D eigenvalue weighted by molar-refractivity contribution is -0.138. The molecular formula is C16H10ClF3N2O3. The Morgan fingerprint density at radius 1 is 1.20 bits per heavy atom. The SMILES string of the molecule is O=C(Nc1ccc(Cl)c(C(F)(F)F)c1)C1Oc2ccccc2NC1=O. The van der Waals surface area contributed by atoms with Crippen LogP contribution in [0.2, 0.25) is 5.02 Å². The number of fused-ring (bicyclic) bond motifs is 1. The van der Waals surface area contributed by atoms with E-state index in [4.69, 9.17) is 16.3 Å². The van der Waals surface area contributed by atoms with Crippen molar-refractivity contribution in [3.05, 3.63) is 53.1 Å². The molecular weight excluding hydrogens is 361 g/mol. The fraction of sp³-hybridized carbons (Fsp3) is 0.125. The van der Waals surface area contributed by atoms with Gasteiger partial charge in [0.05, 0.1) is 16.3 Å². The minimum Gasteiger partial charge on any atom is -0.468 e. The number of rotatable bonds is 2. The Bertz CT molecular complexity index is 855. The Morgan fingerprint density at radius 3 is 2.64 bits per heavy atom. The quantitative estimate of drug-likeness (QED) is 0.792. The normalized spacial score (nSPS) is 16.5. The fourth-order valence-corrected chi connectivity index (χ4v) is 2.48. The second kappa shape index (κ2) is 6.29. The molecule has 0 saturated carbocycles.